The summed E-state index contributed by atoms with van der Waals surface area (Å²) in [5, 5.41) is 0. The highest BCUT2D eigenvalue weighted by Gasteiger charge is 2.10. The molecule has 0 unspecified atom stereocenters. The minimum absolute atomic E-state index is 0.166. The van der Waals surface area contributed by atoms with Gasteiger partial charge in [0.2, 0.25) is 0 Å². The lowest BCUT2D eigenvalue weighted by Gasteiger charge is -2.06. The van der Waals surface area contributed by atoms with Gasteiger partial charge < -0.3 is 5.73 Å². The normalized spacial score (nSPS) is 10.4. The van der Waals surface area contributed by atoms with Crippen molar-refractivity contribution in [1.29, 1.82) is 0 Å². The molecule has 2 rings (SSSR count). The van der Waals surface area contributed by atoms with Gasteiger partial charge in [-0.3, -0.25) is 4.98 Å². The third-order valence-electron chi connectivity index (χ3n) is 2.39. The van der Waals surface area contributed by atoms with E-state index < -0.39 is 11.6 Å². The minimum atomic E-state index is -0.882. The summed E-state index contributed by atoms with van der Waals surface area (Å²) in [6, 6.07) is 5.60. The second-order valence-corrected chi connectivity index (χ2v) is 3.50. The number of rotatable bonds is 1. The number of nitrogens with two attached hydrogens (primary N) is 1. The van der Waals surface area contributed by atoms with E-state index in [9.17, 15) is 8.78 Å². The molecule has 1 aromatic heterocycles. The predicted octanol–water partition coefficient (Wildman–Crippen LogP) is 2.92. The number of anilines is 1. The van der Waals surface area contributed by atoms with E-state index in [2.05, 4.69) is 4.98 Å². The highest BCUT2D eigenvalue weighted by Crippen LogP contribution is 2.25. The molecule has 0 atom stereocenters. The molecule has 4 heteroatoms. The Morgan fingerprint density at radius 1 is 1.25 bits per heavy atom. The van der Waals surface area contributed by atoms with E-state index in [1.165, 1.54) is 18.3 Å². The molecule has 2 N–H and O–H groups in total. The largest absolute Gasteiger partial charge is 0.397 e. The molecule has 0 aliphatic rings. The van der Waals surface area contributed by atoms with Crippen molar-refractivity contribution in [2.45, 2.75) is 6.92 Å². The summed E-state index contributed by atoms with van der Waals surface area (Å²) in [6.07, 6.45) is 1.48. The lowest BCUT2D eigenvalue weighted by Crippen LogP contribution is -1.95. The van der Waals surface area contributed by atoms with Crippen LogP contribution in [0.15, 0.2) is 30.5 Å². The summed E-state index contributed by atoms with van der Waals surface area (Å²) >= 11 is 0. The average Bonchev–Trinajstić information content (AvgIpc) is 2.26. The first-order valence-corrected chi connectivity index (χ1v) is 4.76. The highest BCUT2D eigenvalue weighted by molar-refractivity contribution is 5.67. The van der Waals surface area contributed by atoms with Crippen LogP contribution in [0.25, 0.3) is 11.1 Å². The van der Waals surface area contributed by atoms with Gasteiger partial charge in [-0.15, -0.1) is 0 Å². The average molecular weight is 220 g/mol. The highest BCUT2D eigenvalue weighted by atomic mass is 19.2. The Morgan fingerprint density at radius 2 is 2.00 bits per heavy atom. The minimum Gasteiger partial charge on any atom is -0.397 e. The summed E-state index contributed by atoms with van der Waals surface area (Å²) in [4.78, 5) is 4.01. The number of aryl methyl sites for hydroxylation is 1. The first-order chi connectivity index (χ1) is 7.59. The van der Waals surface area contributed by atoms with Crippen LogP contribution in [0.5, 0.6) is 0 Å². The van der Waals surface area contributed by atoms with Gasteiger partial charge in [0.15, 0.2) is 11.6 Å². The summed E-state index contributed by atoms with van der Waals surface area (Å²) in [5.74, 6) is -1.76. The molecule has 82 valence electrons. The SMILES string of the molecule is Cc1ncc(-c2cccc(F)c2F)cc1N. The van der Waals surface area contributed by atoms with Crippen LogP contribution in [0.4, 0.5) is 14.5 Å². The number of nitrogen functional groups attached to an aromatic ring is 1. The van der Waals surface area contributed by atoms with Crippen LogP contribution in [-0.4, -0.2) is 4.98 Å². The summed E-state index contributed by atoms with van der Waals surface area (Å²) in [6.45, 7) is 1.75. The fourth-order valence-corrected chi connectivity index (χ4v) is 1.42. The van der Waals surface area contributed by atoms with Crippen LogP contribution in [0.1, 0.15) is 5.69 Å². The van der Waals surface area contributed by atoms with Gasteiger partial charge in [-0.05, 0) is 19.1 Å². The maximum atomic E-state index is 13.5. The molecule has 1 aromatic carbocycles. The van der Waals surface area contributed by atoms with Crippen LogP contribution in [0.2, 0.25) is 0 Å². The van der Waals surface area contributed by atoms with Crippen LogP contribution in [0, 0.1) is 18.6 Å². The number of aromatic nitrogens is 1. The molecule has 2 aromatic rings. The Labute approximate surface area is 91.7 Å². The smallest absolute Gasteiger partial charge is 0.166 e. The Kier molecular flexibility index (Phi) is 2.56. The van der Waals surface area contributed by atoms with Crippen molar-refractivity contribution in [3.63, 3.8) is 0 Å². The molecule has 0 aliphatic carbocycles. The van der Waals surface area contributed by atoms with Gasteiger partial charge in [-0.25, -0.2) is 8.78 Å². The van der Waals surface area contributed by atoms with E-state index in [1.807, 2.05) is 0 Å². The molecule has 0 spiro atoms. The van der Waals surface area contributed by atoms with Crippen molar-refractivity contribution in [2.24, 2.45) is 0 Å². The molecule has 2 nitrogen and oxygen atoms in total. The zero-order valence-electron chi connectivity index (χ0n) is 8.67. The van der Waals surface area contributed by atoms with Crippen molar-refractivity contribution in [2.75, 3.05) is 5.73 Å². The van der Waals surface area contributed by atoms with Crippen LogP contribution >= 0.6 is 0 Å². The van der Waals surface area contributed by atoms with Gasteiger partial charge in [-0.2, -0.15) is 0 Å². The van der Waals surface area contributed by atoms with Gasteiger partial charge in [0, 0.05) is 17.3 Å². The van der Waals surface area contributed by atoms with Gasteiger partial charge in [-0.1, -0.05) is 12.1 Å². The summed E-state index contributed by atoms with van der Waals surface area (Å²) < 4.78 is 26.5. The Morgan fingerprint density at radius 3 is 2.69 bits per heavy atom. The predicted molar refractivity (Wildman–Crippen MR) is 58.7 cm³/mol. The lowest BCUT2D eigenvalue weighted by molar-refractivity contribution is 0.511. The summed E-state index contributed by atoms with van der Waals surface area (Å²) in [5.41, 5.74) is 7.43. The fourth-order valence-electron chi connectivity index (χ4n) is 1.42. The molecule has 0 radical (unpaired) electrons. The van der Waals surface area contributed by atoms with Crippen LogP contribution in [0.3, 0.4) is 0 Å². The first-order valence-electron chi connectivity index (χ1n) is 4.76. The fraction of sp³-hybridized carbons (Fsp3) is 0.0833. The Hall–Kier alpha value is -1.97. The molecule has 16 heavy (non-hydrogen) atoms. The van der Waals surface area contributed by atoms with E-state index in [0.717, 1.165) is 6.07 Å². The van der Waals surface area contributed by atoms with Crippen molar-refractivity contribution in [3.05, 3.63) is 47.8 Å². The number of hydrogen-bond donors (Lipinski definition) is 1. The molecule has 0 saturated heterocycles. The van der Waals surface area contributed by atoms with E-state index in [-0.39, 0.29) is 5.56 Å². The van der Waals surface area contributed by atoms with Crippen molar-refractivity contribution in [1.82, 2.24) is 4.98 Å². The van der Waals surface area contributed by atoms with E-state index in [4.69, 9.17) is 5.73 Å². The third kappa shape index (κ3) is 1.74. The number of halogens is 2. The third-order valence-corrected chi connectivity index (χ3v) is 2.39. The zero-order chi connectivity index (χ0) is 11.7. The van der Waals surface area contributed by atoms with Crippen molar-refractivity contribution < 1.29 is 8.78 Å². The first kappa shape index (κ1) is 10.5. The summed E-state index contributed by atoms with van der Waals surface area (Å²) in [7, 11) is 0. The van der Waals surface area contributed by atoms with E-state index in [0.29, 0.717) is 16.9 Å². The maximum Gasteiger partial charge on any atom is 0.166 e. The monoisotopic (exact) mass is 220 g/mol. The topological polar surface area (TPSA) is 38.9 Å². The quantitative estimate of drug-likeness (QED) is 0.802. The van der Waals surface area contributed by atoms with Gasteiger partial charge in [0.1, 0.15) is 0 Å². The molecule has 0 saturated carbocycles. The number of nitrogens with zero attached hydrogens (tertiary/aromatic N) is 1. The second kappa shape index (κ2) is 3.89. The van der Waals surface area contributed by atoms with Crippen LogP contribution < -0.4 is 5.73 Å². The molecule has 0 aliphatic heterocycles. The molecule has 1 heterocycles. The van der Waals surface area contributed by atoms with Crippen LogP contribution in [-0.2, 0) is 0 Å². The lowest BCUT2D eigenvalue weighted by atomic mass is 10.1. The second-order valence-electron chi connectivity index (χ2n) is 3.50. The van der Waals surface area contributed by atoms with Crippen molar-refractivity contribution >= 4 is 5.69 Å². The van der Waals surface area contributed by atoms with Gasteiger partial charge in [0.05, 0.1) is 11.4 Å². The number of hydrogen-bond acceptors (Lipinski definition) is 2. The molecular formula is C12H10F2N2. The zero-order valence-corrected chi connectivity index (χ0v) is 8.67. The standard InChI is InChI=1S/C12H10F2N2/c1-7-11(15)5-8(6-16-7)9-3-2-4-10(13)12(9)14/h2-6H,15H2,1H3. The number of pyridine rings is 1. The molecule has 0 amide bonds. The van der Waals surface area contributed by atoms with Gasteiger partial charge in [0.25, 0.3) is 0 Å². The Bertz CT molecular complexity index is 539. The van der Waals surface area contributed by atoms with E-state index >= 15 is 0 Å². The maximum absolute atomic E-state index is 13.5. The molecular weight excluding hydrogens is 210 g/mol. The van der Waals surface area contributed by atoms with Crippen molar-refractivity contribution in [3.8, 4) is 11.1 Å². The number of benzene rings is 1. The van der Waals surface area contributed by atoms with E-state index in [1.54, 1.807) is 13.0 Å². The molecule has 0 fully saturated rings. The molecule has 0 bridgehead atoms. The van der Waals surface area contributed by atoms with Gasteiger partial charge >= 0.3 is 0 Å². The Balaban J connectivity index is 2.59.